The topological polar surface area (TPSA) is 42.2 Å². The highest BCUT2D eigenvalue weighted by atomic mass is 16.5. The zero-order chi connectivity index (χ0) is 16.4. The lowest BCUT2D eigenvalue weighted by Crippen LogP contribution is -2.32. The monoisotopic (exact) mass is 325 g/mol. The number of hydrogen-bond acceptors (Lipinski definition) is 4. The van der Waals surface area contributed by atoms with Crippen LogP contribution in [0.4, 0.5) is 5.69 Å². The zero-order valence-electron chi connectivity index (χ0n) is 14.6. The lowest BCUT2D eigenvalue weighted by molar-refractivity contribution is 0.314. The Balaban J connectivity index is 1.46. The molecule has 24 heavy (non-hydrogen) atoms. The minimum Gasteiger partial charge on any atom is -0.372 e. The van der Waals surface area contributed by atoms with Crippen LogP contribution in [0.15, 0.2) is 28.8 Å². The van der Waals surface area contributed by atoms with Crippen molar-refractivity contribution in [1.82, 2.24) is 10.1 Å². The third-order valence-electron chi connectivity index (χ3n) is 5.67. The first-order valence-corrected chi connectivity index (χ1v) is 9.48. The summed E-state index contributed by atoms with van der Waals surface area (Å²) in [5.41, 5.74) is 2.36. The zero-order valence-corrected chi connectivity index (χ0v) is 14.6. The normalized spacial score (nSPS) is 20.5. The highest BCUT2D eigenvalue weighted by molar-refractivity contribution is 5.60. The summed E-state index contributed by atoms with van der Waals surface area (Å²) in [5.74, 6) is 2.89. The van der Waals surface area contributed by atoms with E-state index in [0.717, 1.165) is 36.3 Å². The van der Waals surface area contributed by atoms with Crippen molar-refractivity contribution in [2.75, 3.05) is 18.0 Å². The number of benzene rings is 1. The van der Waals surface area contributed by atoms with Crippen molar-refractivity contribution >= 4 is 5.69 Å². The minimum absolute atomic E-state index is 0.467. The van der Waals surface area contributed by atoms with Gasteiger partial charge in [-0.3, -0.25) is 0 Å². The van der Waals surface area contributed by atoms with Crippen LogP contribution in [0.25, 0.3) is 11.4 Å². The van der Waals surface area contributed by atoms with Gasteiger partial charge in [0, 0.05) is 30.3 Å². The quantitative estimate of drug-likeness (QED) is 0.794. The molecule has 0 unspecified atom stereocenters. The van der Waals surface area contributed by atoms with Crippen LogP contribution >= 0.6 is 0 Å². The lowest BCUT2D eigenvalue weighted by Gasteiger charge is -2.32. The van der Waals surface area contributed by atoms with E-state index in [9.17, 15) is 0 Å². The predicted molar refractivity (Wildman–Crippen MR) is 96.2 cm³/mol. The van der Waals surface area contributed by atoms with Gasteiger partial charge in [0.1, 0.15) is 0 Å². The fourth-order valence-corrected chi connectivity index (χ4v) is 3.96. The van der Waals surface area contributed by atoms with Crippen LogP contribution in [0, 0.1) is 5.92 Å². The molecular weight excluding hydrogens is 298 g/mol. The molecule has 4 heteroatoms. The van der Waals surface area contributed by atoms with E-state index in [-0.39, 0.29) is 0 Å². The van der Waals surface area contributed by atoms with Crippen molar-refractivity contribution in [1.29, 1.82) is 0 Å². The first-order chi connectivity index (χ1) is 11.8. The molecule has 0 amide bonds. The van der Waals surface area contributed by atoms with Crippen LogP contribution in [-0.2, 0) is 0 Å². The maximum atomic E-state index is 5.55. The third kappa shape index (κ3) is 3.33. The largest absolute Gasteiger partial charge is 0.372 e. The molecule has 0 bridgehead atoms. The van der Waals surface area contributed by atoms with Crippen molar-refractivity contribution in [3.8, 4) is 11.4 Å². The second kappa shape index (κ2) is 6.96. The van der Waals surface area contributed by atoms with Gasteiger partial charge < -0.3 is 9.42 Å². The van der Waals surface area contributed by atoms with Gasteiger partial charge in [-0.2, -0.15) is 4.98 Å². The summed E-state index contributed by atoms with van der Waals surface area (Å²) in [7, 11) is 0. The molecule has 1 saturated carbocycles. The fraction of sp³-hybridized carbons (Fsp3) is 0.600. The molecule has 128 valence electrons. The van der Waals surface area contributed by atoms with E-state index in [4.69, 9.17) is 4.52 Å². The molecule has 1 aromatic heterocycles. The van der Waals surface area contributed by atoms with E-state index in [0.29, 0.717) is 5.92 Å². The van der Waals surface area contributed by atoms with Crippen LogP contribution in [0.1, 0.15) is 63.7 Å². The first-order valence-electron chi connectivity index (χ1n) is 9.48. The molecule has 2 aromatic rings. The molecule has 0 spiro atoms. The van der Waals surface area contributed by atoms with Crippen molar-refractivity contribution in [3.63, 3.8) is 0 Å². The van der Waals surface area contributed by atoms with Crippen molar-refractivity contribution < 1.29 is 4.52 Å². The summed E-state index contributed by atoms with van der Waals surface area (Å²) in [6.45, 7) is 4.67. The fourth-order valence-electron chi connectivity index (χ4n) is 3.96. The summed E-state index contributed by atoms with van der Waals surface area (Å²) in [6.07, 6.45) is 8.86. The Morgan fingerprint density at radius 2 is 1.67 bits per heavy atom. The highest BCUT2D eigenvalue weighted by Crippen LogP contribution is 2.33. The maximum absolute atomic E-state index is 5.55. The number of rotatable bonds is 3. The maximum Gasteiger partial charge on any atom is 0.230 e. The second-order valence-corrected chi connectivity index (χ2v) is 7.51. The van der Waals surface area contributed by atoms with E-state index in [2.05, 4.69) is 46.2 Å². The smallest absolute Gasteiger partial charge is 0.230 e. The van der Waals surface area contributed by atoms with Crippen molar-refractivity contribution in [2.45, 2.75) is 57.8 Å². The van der Waals surface area contributed by atoms with E-state index in [1.165, 1.54) is 50.6 Å². The molecule has 1 saturated heterocycles. The third-order valence-corrected chi connectivity index (χ3v) is 5.67. The summed E-state index contributed by atoms with van der Waals surface area (Å²) in [6, 6.07) is 8.65. The van der Waals surface area contributed by atoms with Crippen LogP contribution in [-0.4, -0.2) is 23.2 Å². The Morgan fingerprint density at radius 3 is 2.38 bits per heavy atom. The molecule has 2 aliphatic rings. The first kappa shape index (κ1) is 15.7. The van der Waals surface area contributed by atoms with Crippen LogP contribution < -0.4 is 4.90 Å². The van der Waals surface area contributed by atoms with Gasteiger partial charge in [0.25, 0.3) is 0 Å². The minimum atomic E-state index is 0.467. The number of hydrogen-bond donors (Lipinski definition) is 0. The molecule has 2 fully saturated rings. The average molecular weight is 325 g/mol. The lowest BCUT2D eigenvalue weighted by atomic mass is 9.89. The Kier molecular flexibility index (Phi) is 4.54. The Hall–Kier alpha value is -1.84. The van der Waals surface area contributed by atoms with Crippen LogP contribution in [0.2, 0.25) is 0 Å². The molecule has 0 N–H and O–H groups in total. The van der Waals surface area contributed by atoms with Crippen molar-refractivity contribution in [2.24, 2.45) is 5.92 Å². The summed E-state index contributed by atoms with van der Waals surface area (Å²) in [4.78, 5) is 7.14. The van der Waals surface area contributed by atoms with Crippen LogP contribution in [0.5, 0.6) is 0 Å². The van der Waals surface area contributed by atoms with Crippen molar-refractivity contribution in [3.05, 3.63) is 30.2 Å². The van der Waals surface area contributed by atoms with E-state index < -0.39 is 0 Å². The SMILES string of the molecule is CC1CCN(c2ccc(-c3noc(C4CCCCC4)n3)cc2)CC1. The number of nitrogens with zero attached hydrogens (tertiary/aromatic N) is 3. The van der Waals surface area contributed by atoms with Gasteiger partial charge in [0.15, 0.2) is 0 Å². The average Bonchev–Trinajstić information content (AvgIpc) is 3.13. The Labute approximate surface area is 144 Å². The Bertz CT molecular complexity index is 650. The van der Waals surface area contributed by atoms with Gasteiger partial charge in [-0.25, -0.2) is 0 Å². The van der Waals surface area contributed by atoms with E-state index in [1.54, 1.807) is 0 Å². The predicted octanol–water partition coefficient (Wildman–Crippen LogP) is 5.02. The highest BCUT2D eigenvalue weighted by Gasteiger charge is 2.22. The molecule has 2 heterocycles. The molecule has 0 radical (unpaired) electrons. The van der Waals surface area contributed by atoms with Gasteiger partial charge in [0.2, 0.25) is 11.7 Å². The second-order valence-electron chi connectivity index (χ2n) is 7.51. The van der Waals surface area contributed by atoms with E-state index in [1.807, 2.05) is 0 Å². The number of piperidine rings is 1. The van der Waals surface area contributed by atoms with Crippen LogP contribution in [0.3, 0.4) is 0 Å². The molecule has 0 atom stereocenters. The Morgan fingerprint density at radius 1 is 0.958 bits per heavy atom. The molecule has 4 nitrogen and oxygen atoms in total. The van der Waals surface area contributed by atoms with Gasteiger partial charge in [0.05, 0.1) is 0 Å². The number of anilines is 1. The summed E-state index contributed by atoms with van der Waals surface area (Å²) < 4.78 is 5.55. The van der Waals surface area contributed by atoms with Gasteiger partial charge >= 0.3 is 0 Å². The number of aromatic nitrogens is 2. The summed E-state index contributed by atoms with van der Waals surface area (Å²) in [5, 5.41) is 4.21. The molecule has 1 aromatic carbocycles. The molecule has 1 aliphatic carbocycles. The molecular formula is C20H27N3O. The standard InChI is InChI=1S/C20H27N3O/c1-15-11-13-23(14-12-15)18-9-7-16(8-10-18)19-21-20(24-22-19)17-5-3-2-4-6-17/h7-10,15,17H,2-6,11-14H2,1H3. The van der Waals surface area contributed by atoms with Gasteiger partial charge in [-0.1, -0.05) is 31.3 Å². The summed E-state index contributed by atoms with van der Waals surface area (Å²) >= 11 is 0. The van der Waals surface area contributed by atoms with E-state index >= 15 is 0 Å². The van der Waals surface area contributed by atoms with Gasteiger partial charge in [-0.15, -0.1) is 0 Å². The van der Waals surface area contributed by atoms with Gasteiger partial charge in [-0.05, 0) is 55.9 Å². The molecule has 1 aliphatic heterocycles. The molecule has 4 rings (SSSR count).